The topological polar surface area (TPSA) is 71.8 Å². The molecule has 0 atom stereocenters. The van der Waals surface area contributed by atoms with Gasteiger partial charge in [0.1, 0.15) is 5.78 Å². The summed E-state index contributed by atoms with van der Waals surface area (Å²) < 4.78 is 5.88. The van der Waals surface area contributed by atoms with Crippen LogP contribution >= 0.6 is 0 Å². The highest BCUT2D eigenvalue weighted by Gasteiger charge is 2.07. The maximum atomic E-state index is 11.3. The normalized spacial score (nSPS) is 11.0. The smallest absolute Gasteiger partial charge is 0.194 e. The summed E-state index contributed by atoms with van der Waals surface area (Å²) >= 11 is 0. The number of hydrogen-bond donors (Lipinski definition) is 1. The Morgan fingerprint density at radius 1 is 1.04 bits per heavy atom. The Morgan fingerprint density at radius 2 is 1.81 bits per heavy atom. The summed E-state index contributed by atoms with van der Waals surface area (Å²) in [4.78, 5) is 15.6. The highest BCUT2D eigenvalue weighted by atomic mass is 16.4. The highest BCUT2D eigenvalue weighted by Crippen LogP contribution is 2.24. The molecule has 0 aliphatic heterocycles. The summed E-state index contributed by atoms with van der Waals surface area (Å²) in [5, 5.41) is 6.93. The second-order valence-corrected chi connectivity index (χ2v) is 6.47. The summed E-state index contributed by atoms with van der Waals surface area (Å²) in [6, 6.07) is 10.1. The minimum Gasteiger partial charge on any atom is -0.441 e. The third-order valence-electron chi connectivity index (χ3n) is 4.53. The molecule has 0 spiro atoms. The number of nitrogens with one attached hydrogen (secondary N) is 1. The van der Waals surface area contributed by atoms with Gasteiger partial charge in [-0.05, 0) is 24.5 Å². The predicted octanol–water partition coefficient (Wildman–Crippen LogP) is 5.20. The number of H-pyrrole nitrogens is 1. The maximum absolute atomic E-state index is 11.3. The molecular formula is C21H25N3O2. The van der Waals surface area contributed by atoms with E-state index in [1.165, 1.54) is 0 Å². The lowest BCUT2D eigenvalue weighted by Crippen LogP contribution is -1.94. The Balaban J connectivity index is 1.46. The summed E-state index contributed by atoms with van der Waals surface area (Å²) in [5.74, 6) is 1.94. The van der Waals surface area contributed by atoms with Crippen LogP contribution in [0, 0.1) is 0 Å². The van der Waals surface area contributed by atoms with Crippen molar-refractivity contribution in [1.82, 2.24) is 15.2 Å². The Morgan fingerprint density at radius 3 is 2.54 bits per heavy atom. The minimum absolute atomic E-state index is 0.362. The van der Waals surface area contributed by atoms with Crippen LogP contribution in [0.5, 0.6) is 0 Å². The number of unbranched alkanes of at least 4 members (excludes halogenated alkanes) is 3. The molecule has 2 heterocycles. The van der Waals surface area contributed by atoms with Crippen LogP contribution in [-0.4, -0.2) is 21.0 Å². The molecule has 0 amide bonds. The minimum atomic E-state index is 0.362. The molecule has 3 rings (SSSR count). The zero-order chi connectivity index (χ0) is 18.2. The number of carbonyl (C=O) groups excluding carboxylic acids is 1. The first-order chi connectivity index (χ1) is 12.8. The molecule has 5 heteroatoms. The average Bonchev–Trinajstić information content (AvgIpc) is 3.36. The van der Waals surface area contributed by atoms with Gasteiger partial charge in [0.2, 0.25) is 0 Å². The van der Waals surface area contributed by atoms with Crippen molar-refractivity contribution in [1.29, 1.82) is 0 Å². The molecule has 136 valence electrons. The molecule has 0 fully saturated rings. The second kappa shape index (κ2) is 9.13. The van der Waals surface area contributed by atoms with E-state index < -0.39 is 0 Å². The van der Waals surface area contributed by atoms with Crippen molar-refractivity contribution in [3.05, 3.63) is 48.6 Å². The van der Waals surface area contributed by atoms with Gasteiger partial charge in [0.25, 0.3) is 0 Å². The Labute approximate surface area is 153 Å². The number of aryl methyl sites for hydroxylation is 1. The van der Waals surface area contributed by atoms with Crippen LogP contribution in [0.3, 0.4) is 0 Å². The van der Waals surface area contributed by atoms with E-state index in [9.17, 15) is 4.79 Å². The van der Waals surface area contributed by atoms with Crippen LogP contribution in [0.4, 0.5) is 0 Å². The van der Waals surface area contributed by atoms with E-state index in [-0.39, 0.29) is 0 Å². The Kier molecular flexibility index (Phi) is 6.36. The van der Waals surface area contributed by atoms with Gasteiger partial charge in [-0.25, -0.2) is 4.98 Å². The van der Waals surface area contributed by atoms with E-state index in [0.29, 0.717) is 18.6 Å². The van der Waals surface area contributed by atoms with Gasteiger partial charge < -0.3 is 4.42 Å². The molecule has 26 heavy (non-hydrogen) atoms. The molecule has 3 aromatic rings. The molecule has 5 nitrogen and oxygen atoms in total. The summed E-state index contributed by atoms with van der Waals surface area (Å²) in [7, 11) is 0. The molecule has 0 saturated heterocycles. The van der Waals surface area contributed by atoms with E-state index in [1.54, 1.807) is 12.4 Å². The molecule has 0 saturated carbocycles. The highest BCUT2D eigenvalue weighted by molar-refractivity contribution is 5.77. The lowest BCUT2D eigenvalue weighted by atomic mass is 10.1. The Bertz CT molecular complexity index is 804. The SMILES string of the molecule is CCC(=O)CCCCCCc1ncc(-c2ccc(-c3ccn[nH]3)cc2)o1. The predicted molar refractivity (Wildman–Crippen MR) is 102 cm³/mol. The molecule has 0 radical (unpaired) electrons. The lowest BCUT2D eigenvalue weighted by molar-refractivity contribution is -0.118. The average molecular weight is 351 g/mol. The van der Waals surface area contributed by atoms with Crippen LogP contribution in [0.15, 0.2) is 47.1 Å². The molecular weight excluding hydrogens is 326 g/mol. The molecule has 0 bridgehead atoms. The van der Waals surface area contributed by atoms with E-state index in [1.807, 2.05) is 37.3 Å². The lowest BCUT2D eigenvalue weighted by Gasteiger charge is -2.00. The number of aromatic amines is 1. The molecule has 0 aliphatic rings. The van der Waals surface area contributed by atoms with Crippen molar-refractivity contribution >= 4 is 5.78 Å². The third-order valence-corrected chi connectivity index (χ3v) is 4.53. The monoisotopic (exact) mass is 351 g/mol. The fourth-order valence-electron chi connectivity index (χ4n) is 2.92. The number of carbonyl (C=O) groups is 1. The van der Waals surface area contributed by atoms with Crippen LogP contribution in [0.25, 0.3) is 22.6 Å². The first-order valence-electron chi connectivity index (χ1n) is 9.33. The fourth-order valence-corrected chi connectivity index (χ4v) is 2.92. The number of ketones is 1. The fraction of sp³-hybridized carbons (Fsp3) is 0.381. The van der Waals surface area contributed by atoms with Crippen LogP contribution in [0.2, 0.25) is 0 Å². The van der Waals surface area contributed by atoms with Gasteiger partial charge in [-0.3, -0.25) is 9.89 Å². The zero-order valence-electron chi connectivity index (χ0n) is 15.2. The standard InChI is InChI=1S/C21H25N3O2/c1-2-18(25)7-5-3-4-6-8-21-22-15-20(26-21)17-11-9-16(10-12-17)19-13-14-23-24-19/h9-15H,2-8H2,1H3,(H,23,24). The number of Topliss-reactive ketones (excluding diaryl/α,β-unsaturated/α-hetero) is 1. The first kappa shape index (κ1) is 18.1. The van der Waals surface area contributed by atoms with Crippen LogP contribution in [0.1, 0.15) is 51.3 Å². The number of nitrogens with zero attached hydrogens (tertiary/aromatic N) is 2. The second-order valence-electron chi connectivity index (χ2n) is 6.47. The summed E-state index contributed by atoms with van der Waals surface area (Å²) in [6.07, 6.45) is 9.98. The van der Waals surface area contributed by atoms with Gasteiger partial charge in [0.15, 0.2) is 11.7 Å². The van der Waals surface area contributed by atoms with Gasteiger partial charge in [-0.1, -0.05) is 44.0 Å². The quantitative estimate of drug-likeness (QED) is 0.509. The van der Waals surface area contributed by atoms with E-state index in [4.69, 9.17) is 4.42 Å². The first-order valence-corrected chi connectivity index (χ1v) is 9.33. The van der Waals surface area contributed by atoms with Crippen molar-refractivity contribution in [2.75, 3.05) is 0 Å². The van der Waals surface area contributed by atoms with Gasteiger partial charge >= 0.3 is 0 Å². The van der Waals surface area contributed by atoms with Crippen LogP contribution in [-0.2, 0) is 11.2 Å². The van der Waals surface area contributed by atoms with E-state index in [0.717, 1.165) is 60.6 Å². The zero-order valence-corrected chi connectivity index (χ0v) is 15.2. The summed E-state index contributed by atoms with van der Waals surface area (Å²) in [5.41, 5.74) is 3.10. The van der Waals surface area contributed by atoms with E-state index in [2.05, 4.69) is 15.2 Å². The summed E-state index contributed by atoms with van der Waals surface area (Å²) in [6.45, 7) is 1.92. The van der Waals surface area contributed by atoms with Crippen LogP contribution < -0.4 is 0 Å². The van der Waals surface area contributed by atoms with Gasteiger partial charge in [-0.15, -0.1) is 0 Å². The van der Waals surface area contributed by atoms with E-state index >= 15 is 0 Å². The number of rotatable bonds is 10. The van der Waals surface area contributed by atoms with Gasteiger partial charge in [0, 0.05) is 31.0 Å². The number of hydrogen-bond acceptors (Lipinski definition) is 4. The third kappa shape index (κ3) is 4.91. The van der Waals surface area contributed by atoms with Gasteiger partial charge in [0.05, 0.1) is 11.9 Å². The van der Waals surface area contributed by atoms with Gasteiger partial charge in [-0.2, -0.15) is 5.10 Å². The van der Waals surface area contributed by atoms with Crippen molar-refractivity contribution in [3.63, 3.8) is 0 Å². The maximum Gasteiger partial charge on any atom is 0.194 e. The molecule has 1 N–H and O–H groups in total. The molecule has 2 aromatic heterocycles. The molecule has 1 aromatic carbocycles. The van der Waals surface area contributed by atoms with Crippen molar-refractivity contribution < 1.29 is 9.21 Å². The largest absolute Gasteiger partial charge is 0.441 e. The number of benzene rings is 1. The van der Waals surface area contributed by atoms with Crippen molar-refractivity contribution in [3.8, 4) is 22.6 Å². The Hall–Kier alpha value is -2.69. The molecule has 0 unspecified atom stereocenters. The number of oxazole rings is 1. The van der Waals surface area contributed by atoms with Crippen molar-refractivity contribution in [2.45, 2.75) is 51.9 Å². The number of aromatic nitrogens is 3. The van der Waals surface area contributed by atoms with Crippen molar-refractivity contribution in [2.24, 2.45) is 0 Å². The molecule has 0 aliphatic carbocycles.